The van der Waals surface area contributed by atoms with Crippen molar-refractivity contribution in [3.05, 3.63) is 72.7 Å². The number of likely N-dealkylation sites (tertiary alicyclic amines) is 1. The highest BCUT2D eigenvalue weighted by atomic mass is 19.3. The normalized spacial score (nSPS) is 15.5. The number of carbonyl (C=O) groups excluding carboxylic acids is 1. The van der Waals surface area contributed by atoms with Crippen LogP contribution in [0.4, 0.5) is 30.4 Å². The number of hydrogen-bond acceptors (Lipinski definition) is 10. The Bertz CT molecular complexity index is 1950. The molecule has 1 aliphatic heterocycles. The number of likely N-dealkylation sites (N-methyl/N-ethyl adjacent to an activating group) is 1. The maximum Gasteiger partial charge on any atom is 0.387 e. The Morgan fingerprint density at radius 1 is 1.07 bits per heavy atom. The van der Waals surface area contributed by atoms with Crippen molar-refractivity contribution in [1.29, 1.82) is 0 Å². The number of methoxy groups -OCH3 is 1. The van der Waals surface area contributed by atoms with Gasteiger partial charge in [0.15, 0.2) is 17.2 Å². The van der Waals surface area contributed by atoms with Crippen LogP contribution in [0.5, 0.6) is 23.0 Å². The first-order valence-corrected chi connectivity index (χ1v) is 14.2. The summed E-state index contributed by atoms with van der Waals surface area (Å²) in [6, 6.07) is 9.32. The van der Waals surface area contributed by atoms with Crippen LogP contribution in [-0.4, -0.2) is 68.7 Å². The van der Waals surface area contributed by atoms with E-state index in [4.69, 9.17) is 9.47 Å². The maximum absolute atomic E-state index is 14.9. The third-order valence-corrected chi connectivity index (χ3v) is 7.56. The molecule has 0 radical (unpaired) electrons. The van der Waals surface area contributed by atoms with Gasteiger partial charge in [0.05, 0.1) is 24.0 Å². The first-order valence-electron chi connectivity index (χ1n) is 14.2. The molecular weight excluding hydrogens is 605 g/mol. The SMILES string of the molecule is COc1cc(Oc2ccn3ncnc3c2)c(C)cc1Nc1ncnc2cc(OC(F)F)c(NC(=O)/C(F)=C/C3CCCN3C)cc12. The molecule has 1 atom stereocenters. The number of aryl methyl sites for hydroxylation is 1. The lowest BCUT2D eigenvalue weighted by Gasteiger charge is -2.17. The Morgan fingerprint density at radius 3 is 2.67 bits per heavy atom. The van der Waals surface area contributed by atoms with Gasteiger partial charge in [-0.1, -0.05) is 0 Å². The van der Waals surface area contributed by atoms with E-state index in [1.54, 1.807) is 35.0 Å². The number of ether oxygens (including phenoxy) is 3. The Kier molecular flexibility index (Phi) is 8.57. The van der Waals surface area contributed by atoms with Crippen molar-refractivity contribution < 1.29 is 32.2 Å². The van der Waals surface area contributed by atoms with Crippen LogP contribution >= 0.6 is 0 Å². The van der Waals surface area contributed by atoms with Gasteiger partial charge in [0, 0.05) is 35.8 Å². The van der Waals surface area contributed by atoms with Gasteiger partial charge < -0.3 is 24.8 Å². The van der Waals surface area contributed by atoms with Gasteiger partial charge in [-0.15, -0.1) is 0 Å². The van der Waals surface area contributed by atoms with Gasteiger partial charge in [-0.25, -0.2) is 23.9 Å². The third-order valence-electron chi connectivity index (χ3n) is 7.56. The molecule has 12 nitrogen and oxygen atoms in total. The van der Waals surface area contributed by atoms with E-state index in [0.29, 0.717) is 40.4 Å². The molecule has 4 heterocycles. The van der Waals surface area contributed by atoms with E-state index in [1.807, 2.05) is 18.9 Å². The number of halogens is 3. The maximum atomic E-state index is 14.9. The first-order chi connectivity index (χ1) is 22.2. The van der Waals surface area contributed by atoms with E-state index in [2.05, 4.69) is 35.4 Å². The molecule has 2 aromatic carbocycles. The van der Waals surface area contributed by atoms with Crippen LogP contribution in [0, 0.1) is 6.92 Å². The molecule has 1 saturated heterocycles. The highest BCUT2D eigenvalue weighted by Crippen LogP contribution is 2.39. The number of aromatic nitrogens is 5. The van der Waals surface area contributed by atoms with Crippen molar-refractivity contribution >= 4 is 39.6 Å². The second-order valence-corrected chi connectivity index (χ2v) is 10.6. The molecule has 238 valence electrons. The summed E-state index contributed by atoms with van der Waals surface area (Å²) in [5, 5.41) is 9.97. The number of nitrogens with one attached hydrogen (secondary N) is 2. The van der Waals surface area contributed by atoms with E-state index in [9.17, 15) is 18.0 Å². The van der Waals surface area contributed by atoms with E-state index >= 15 is 0 Å². The van der Waals surface area contributed by atoms with Gasteiger partial charge in [0.2, 0.25) is 0 Å². The van der Waals surface area contributed by atoms with Gasteiger partial charge in [0.25, 0.3) is 5.91 Å². The number of nitrogens with zero attached hydrogens (tertiary/aromatic N) is 6. The monoisotopic (exact) mass is 634 g/mol. The fourth-order valence-electron chi connectivity index (χ4n) is 5.21. The van der Waals surface area contributed by atoms with Crippen molar-refractivity contribution in [3.8, 4) is 23.0 Å². The second kappa shape index (κ2) is 12.9. The van der Waals surface area contributed by atoms with Crippen LogP contribution in [0.15, 0.2) is 67.2 Å². The molecule has 1 amide bonds. The Hall–Kier alpha value is -5.44. The van der Waals surface area contributed by atoms with E-state index < -0.39 is 18.3 Å². The topological polar surface area (TPSA) is 128 Å². The minimum absolute atomic E-state index is 0.185. The molecule has 0 bridgehead atoms. The van der Waals surface area contributed by atoms with Crippen molar-refractivity contribution in [3.63, 3.8) is 0 Å². The van der Waals surface area contributed by atoms with Crippen molar-refractivity contribution in [2.75, 3.05) is 31.3 Å². The van der Waals surface area contributed by atoms with Crippen LogP contribution in [0.25, 0.3) is 16.6 Å². The van der Waals surface area contributed by atoms with Crippen LogP contribution in [0.2, 0.25) is 0 Å². The van der Waals surface area contributed by atoms with Crippen molar-refractivity contribution in [2.45, 2.75) is 32.4 Å². The molecule has 1 unspecified atom stereocenters. The standard InChI is InChI=1S/C31H29F3N8O4/c1-17-9-23(26(44-3)14-25(17)45-19-6-8-42-28(11-19)36-16-38-42)39-29-20-12-24(27(46-31(33)34)13-22(20)35-15-37-29)40-30(43)21(32)10-18-5-4-7-41(18)2/h6,8-16,18,31H,4-5,7H2,1-3H3,(H,40,43)(H,35,37,39)/b21-10-. The molecule has 1 aliphatic rings. The van der Waals surface area contributed by atoms with Crippen LogP contribution in [-0.2, 0) is 4.79 Å². The molecule has 0 aliphatic carbocycles. The summed E-state index contributed by atoms with van der Waals surface area (Å²) >= 11 is 0. The van der Waals surface area contributed by atoms with Gasteiger partial charge in [-0.3, -0.25) is 9.69 Å². The summed E-state index contributed by atoms with van der Waals surface area (Å²) in [6.07, 6.45) is 7.22. The summed E-state index contributed by atoms with van der Waals surface area (Å²) < 4.78 is 59.5. The summed E-state index contributed by atoms with van der Waals surface area (Å²) in [5.74, 6) is -0.773. The van der Waals surface area contributed by atoms with Gasteiger partial charge in [-0.2, -0.15) is 13.9 Å². The molecule has 15 heteroatoms. The second-order valence-electron chi connectivity index (χ2n) is 10.6. The first kappa shape index (κ1) is 30.6. The summed E-state index contributed by atoms with van der Waals surface area (Å²) in [6.45, 7) is -0.574. The van der Waals surface area contributed by atoms with E-state index in [-0.39, 0.29) is 28.8 Å². The van der Waals surface area contributed by atoms with Gasteiger partial charge in [-0.05, 0) is 63.2 Å². The zero-order valence-electron chi connectivity index (χ0n) is 25.0. The molecule has 46 heavy (non-hydrogen) atoms. The lowest BCUT2D eigenvalue weighted by Crippen LogP contribution is -2.24. The van der Waals surface area contributed by atoms with E-state index in [0.717, 1.165) is 18.5 Å². The zero-order chi connectivity index (χ0) is 32.4. The summed E-state index contributed by atoms with van der Waals surface area (Å²) in [7, 11) is 3.33. The molecule has 2 N–H and O–H groups in total. The molecule has 0 saturated carbocycles. The highest BCUT2D eigenvalue weighted by molar-refractivity contribution is 6.05. The number of fused-ring (bicyclic) bond motifs is 2. The number of amides is 1. The summed E-state index contributed by atoms with van der Waals surface area (Å²) in [5.41, 5.74) is 1.92. The number of rotatable bonds is 10. The highest BCUT2D eigenvalue weighted by Gasteiger charge is 2.23. The van der Waals surface area contributed by atoms with Gasteiger partial charge >= 0.3 is 6.61 Å². The van der Waals surface area contributed by atoms with Gasteiger partial charge in [0.1, 0.15) is 35.7 Å². The zero-order valence-corrected chi connectivity index (χ0v) is 25.0. The smallest absolute Gasteiger partial charge is 0.387 e. The Morgan fingerprint density at radius 2 is 1.91 bits per heavy atom. The average Bonchev–Trinajstić information content (AvgIpc) is 3.66. The number of hydrogen-bond donors (Lipinski definition) is 2. The van der Waals surface area contributed by atoms with Crippen molar-refractivity contribution in [1.82, 2.24) is 29.5 Å². The number of benzene rings is 2. The molecule has 5 aromatic rings. The third kappa shape index (κ3) is 6.49. The van der Waals surface area contributed by atoms with Crippen molar-refractivity contribution in [2.24, 2.45) is 0 Å². The lowest BCUT2D eigenvalue weighted by molar-refractivity contribution is -0.114. The number of anilines is 3. The molecular formula is C31H29F3N8O4. The molecule has 6 rings (SSSR count). The Labute approximate surface area is 260 Å². The summed E-state index contributed by atoms with van der Waals surface area (Å²) in [4.78, 5) is 27.4. The number of pyridine rings is 1. The van der Waals surface area contributed by atoms with Crippen LogP contribution in [0.1, 0.15) is 18.4 Å². The fourth-order valence-corrected chi connectivity index (χ4v) is 5.21. The van der Waals surface area contributed by atoms with E-state index in [1.165, 1.54) is 38.0 Å². The predicted molar refractivity (Wildman–Crippen MR) is 164 cm³/mol. The predicted octanol–water partition coefficient (Wildman–Crippen LogP) is 6.01. The molecule has 3 aromatic heterocycles. The molecule has 1 fully saturated rings. The minimum atomic E-state index is -3.20. The minimum Gasteiger partial charge on any atom is -0.494 e. The number of alkyl halides is 2. The Balaban J connectivity index is 1.31. The number of carbonyl (C=O) groups is 1. The fraction of sp³-hybridized carbons (Fsp3) is 0.258. The average molecular weight is 635 g/mol. The quantitative estimate of drug-likeness (QED) is 0.176. The van der Waals surface area contributed by atoms with Crippen LogP contribution < -0.4 is 24.8 Å². The molecule has 0 spiro atoms. The lowest BCUT2D eigenvalue weighted by atomic mass is 10.1. The van der Waals surface area contributed by atoms with Crippen LogP contribution in [0.3, 0.4) is 0 Å². The largest absolute Gasteiger partial charge is 0.494 e.